The molecule has 2 fully saturated rings. The second-order valence-electron chi connectivity index (χ2n) is 9.04. The second-order valence-corrected chi connectivity index (χ2v) is 9.84. The Balaban J connectivity index is 1.54. The van der Waals surface area contributed by atoms with Gasteiger partial charge in [-0.15, -0.1) is 11.8 Å². The van der Waals surface area contributed by atoms with Gasteiger partial charge in [-0.05, 0) is 67.5 Å². The molecule has 2 saturated heterocycles. The SMILES string of the molecule is CSc1nc(-c2nn(C3CCCCO3)c3ccc(C4CCCOC4)cc23)cc2ccccc12. The molecule has 2 unspecified atom stereocenters. The van der Waals surface area contributed by atoms with Gasteiger partial charge in [0.25, 0.3) is 0 Å². The lowest BCUT2D eigenvalue weighted by molar-refractivity contribution is -0.0365. The maximum absolute atomic E-state index is 6.14. The fourth-order valence-corrected chi connectivity index (χ4v) is 5.78. The first-order chi connectivity index (χ1) is 16.3. The number of pyridine rings is 1. The van der Waals surface area contributed by atoms with Crippen LogP contribution in [0, 0.1) is 0 Å². The number of thioether (sulfide) groups is 1. The van der Waals surface area contributed by atoms with E-state index in [2.05, 4.69) is 59.5 Å². The molecule has 2 aliphatic rings. The lowest BCUT2D eigenvalue weighted by atomic mass is 9.92. The molecule has 4 heterocycles. The zero-order chi connectivity index (χ0) is 22.2. The summed E-state index contributed by atoms with van der Waals surface area (Å²) in [6.45, 7) is 2.47. The number of nitrogens with zero attached hydrogens (tertiary/aromatic N) is 3. The van der Waals surface area contributed by atoms with Crippen molar-refractivity contribution >= 4 is 33.4 Å². The molecule has 4 aromatic rings. The highest BCUT2D eigenvalue weighted by molar-refractivity contribution is 7.98. The minimum absolute atomic E-state index is 0.0145. The molecule has 2 aromatic carbocycles. The molecular formula is C27H29N3O2S. The van der Waals surface area contributed by atoms with Crippen LogP contribution < -0.4 is 0 Å². The minimum atomic E-state index is -0.0145. The highest BCUT2D eigenvalue weighted by Gasteiger charge is 2.24. The molecule has 2 aromatic heterocycles. The van der Waals surface area contributed by atoms with Gasteiger partial charge in [0.2, 0.25) is 0 Å². The molecule has 5 nitrogen and oxygen atoms in total. The molecule has 6 heteroatoms. The number of fused-ring (bicyclic) bond motifs is 2. The third-order valence-corrected chi connectivity index (χ3v) is 7.63. The van der Waals surface area contributed by atoms with Crippen molar-refractivity contribution in [1.82, 2.24) is 14.8 Å². The van der Waals surface area contributed by atoms with Crippen molar-refractivity contribution in [3.63, 3.8) is 0 Å². The fourth-order valence-electron chi connectivity index (χ4n) is 5.19. The zero-order valence-electron chi connectivity index (χ0n) is 19.0. The molecule has 170 valence electrons. The van der Waals surface area contributed by atoms with Crippen LogP contribution in [-0.4, -0.2) is 40.8 Å². The predicted molar refractivity (Wildman–Crippen MR) is 134 cm³/mol. The Kier molecular flexibility index (Phi) is 5.82. The van der Waals surface area contributed by atoms with E-state index in [-0.39, 0.29) is 6.23 Å². The summed E-state index contributed by atoms with van der Waals surface area (Å²) in [6, 6.07) is 17.5. The van der Waals surface area contributed by atoms with Gasteiger partial charge in [-0.3, -0.25) is 0 Å². The van der Waals surface area contributed by atoms with Crippen molar-refractivity contribution in [3.05, 3.63) is 54.1 Å². The van der Waals surface area contributed by atoms with Crippen molar-refractivity contribution in [2.45, 2.75) is 49.3 Å². The smallest absolute Gasteiger partial charge is 0.150 e. The van der Waals surface area contributed by atoms with Crippen LogP contribution in [0.2, 0.25) is 0 Å². The van der Waals surface area contributed by atoms with Crippen molar-refractivity contribution in [1.29, 1.82) is 0 Å². The molecule has 6 rings (SSSR count). The van der Waals surface area contributed by atoms with Crippen LogP contribution in [0.1, 0.15) is 49.8 Å². The predicted octanol–water partition coefficient (Wildman–Crippen LogP) is 6.57. The second kappa shape index (κ2) is 9.09. The third kappa shape index (κ3) is 3.94. The van der Waals surface area contributed by atoms with E-state index in [0.29, 0.717) is 5.92 Å². The minimum Gasteiger partial charge on any atom is -0.381 e. The normalized spacial score (nSPS) is 21.6. The average Bonchev–Trinajstić information content (AvgIpc) is 3.28. The number of rotatable bonds is 4. The van der Waals surface area contributed by atoms with Crippen LogP contribution in [0.15, 0.2) is 53.6 Å². The lowest BCUT2D eigenvalue weighted by Crippen LogP contribution is -2.19. The number of hydrogen-bond acceptors (Lipinski definition) is 5. The molecule has 0 bridgehead atoms. The van der Waals surface area contributed by atoms with Crippen LogP contribution >= 0.6 is 11.8 Å². The molecule has 0 N–H and O–H groups in total. The number of hydrogen-bond donors (Lipinski definition) is 0. The van der Waals surface area contributed by atoms with E-state index in [1.807, 2.05) is 0 Å². The monoisotopic (exact) mass is 459 g/mol. The summed E-state index contributed by atoms with van der Waals surface area (Å²) < 4.78 is 14.0. The molecule has 0 saturated carbocycles. The fraction of sp³-hybridized carbons (Fsp3) is 0.407. The van der Waals surface area contributed by atoms with E-state index in [9.17, 15) is 0 Å². The van der Waals surface area contributed by atoms with E-state index in [0.717, 1.165) is 66.4 Å². The van der Waals surface area contributed by atoms with Gasteiger partial charge in [0.15, 0.2) is 6.23 Å². The van der Waals surface area contributed by atoms with Gasteiger partial charge in [0, 0.05) is 29.9 Å². The lowest BCUT2D eigenvalue weighted by Gasteiger charge is -2.24. The van der Waals surface area contributed by atoms with Crippen molar-refractivity contribution in [3.8, 4) is 11.4 Å². The van der Waals surface area contributed by atoms with Crippen LogP contribution in [0.3, 0.4) is 0 Å². The molecule has 0 radical (unpaired) electrons. The van der Waals surface area contributed by atoms with E-state index in [4.69, 9.17) is 19.6 Å². The first-order valence-electron chi connectivity index (χ1n) is 12.0. The summed E-state index contributed by atoms with van der Waals surface area (Å²) in [5, 5.41) is 9.72. The van der Waals surface area contributed by atoms with Crippen molar-refractivity contribution in [2.24, 2.45) is 0 Å². The Morgan fingerprint density at radius 2 is 1.91 bits per heavy atom. The van der Waals surface area contributed by atoms with E-state index in [1.54, 1.807) is 11.8 Å². The van der Waals surface area contributed by atoms with Crippen LogP contribution in [0.25, 0.3) is 33.1 Å². The Morgan fingerprint density at radius 1 is 0.970 bits per heavy atom. The molecule has 0 spiro atoms. The quantitative estimate of drug-likeness (QED) is 0.323. The maximum Gasteiger partial charge on any atom is 0.150 e. The molecule has 0 amide bonds. The van der Waals surface area contributed by atoms with Gasteiger partial charge < -0.3 is 9.47 Å². The van der Waals surface area contributed by atoms with Crippen LogP contribution in [0.4, 0.5) is 0 Å². The van der Waals surface area contributed by atoms with Gasteiger partial charge in [0.1, 0.15) is 10.7 Å². The topological polar surface area (TPSA) is 49.2 Å². The zero-order valence-corrected chi connectivity index (χ0v) is 19.8. The van der Waals surface area contributed by atoms with Gasteiger partial charge in [-0.1, -0.05) is 30.3 Å². The average molecular weight is 460 g/mol. The standard InChI is InChI=1S/C27H29N3O2S/c1-33-27-21-9-3-2-7-19(21)16-23(28-27)26-22-15-18(20-8-6-13-31-17-20)11-12-24(22)30(29-26)25-10-4-5-14-32-25/h2-3,7,9,11-12,15-16,20,25H,4-6,8,10,13-14,17H2,1H3. The summed E-state index contributed by atoms with van der Waals surface area (Å²) in [6.07, 6.45) is 7.66. The highest BCUT2D eigenvalue weighted by atomic mass is 32.2. The number of benzene rings is 2. The molecule has 2 atom stereocenters. The summed E-state index contributed by atoms with van der Waals surface area (Å²) in [4.78, 5) is 5.06. The Morgan fingerprint density at radius 3 is 2.73 bits per heavy atom. The maximum atomic E-state index is 6.14. The summed E-state index contributed by atoms with van der Waals surface area (Å²) in [5.41, 5.74) is 4.32. The first kappa shape index (κ1) is 21.1. The largest absolute Gasteiger partial charge is 0.381 e. The molecular weight excluding hydrogens is 430 g/mol. The Hall–Kier alpha value is -2.41. The van der Waals surface area contributed by atoms with Gasteiger partial charge in [0.05, 0.1) is 17.8 Å². The van der Waals surface area contributed by atoms with Crippen LogP contribution in [0.5, 0.6) is 0 Å². The van der Waals surface area contributed by atoms with Crippen molar-refractivity contribution < 1.29 is 9.47 Å². The molecule has 33 heavy (non-hydrogen) atoms. The molecule has 2 aliphatic heterocycles. The van der Waals surface area contributed by atoms with E-state index < -0.39 is 0 Å². The van der Waals surface area contributed by atoms with Crippen molar-refractivity contribution in [2.75, 3.05) is 26.1 Å². The molecule has 0 aliphatic carbocycles. The van der Waals surface area contributed by atoms with Gasteiger partial charge in [-0.2, -0.15) is 5.10 Å². The third-order valence-electron chi connectivity index (χ3n) is 6.93. The Bertz CT molecular complexity index is 1290. The van der Waals surface area contributed by atoms with Gasteiger partial charge >= 0.3 is 0 Å². The highest BCUT2D eigenvalue weighted by Crippen LogP contribution is 2.37. The Labute approximate surface area is 198 Å². The van der Waals surface area contributed by atoms with E-state index >= 15 is 0 Å². The number of ether oxygens (including phenoxy) is 2. The number of aromatic nitrogens is 3. The van der Waals surface area contributed by atoms with Crippen LogP contribution in [-0.2, 0) is 9.47 Å². The summed E-state index contributed by atoms with van der Waals surface area (Å²) in [5.74, 6) is 0.441. The van der Waals surface area contributed by atoms with E-state index in [1.165, 1.54) is 29.2 Å². The summed E-state index contributed by atoms with van der Waals surface area (Å²) >= 11 is 1.69. The van der Waals surface area contributed by atoms with Gasteiger partial charge in [-0.25, -0.2) is 9.67 Å². The first-order valence-corrected chi connectivity index (χ1v) is 13.2. The summed E-state index contributed by atoms with van der Waals surface area (Å²) in [7, 11) is 0.